The minimum Gasteiger partial charge on any atom is -0.506 e. The largest absolute Gasteiger partial charge is 0.506 e. The smallest absolute Gasteiger partial charge is 0.342 e. The van der Waals surface area contributed by atoms with Gasteiger partial charge in [-0.3, -0.25) is 0 Å². The number of rotatable bonds is 6. The van der Waals surface area contributed by atoms with E-state index in [1.807, 2.05) is 39.8 Å². The third-order valence-corrected chi connectivity index (χ3v) is 4.13. The minimum atomic E-state index is -0.509. The summed E-state index contributed by atoms with van der Waals surface area (Å²) in [6.45, 7) is 8.19. The van der Waals surface area contributed by atoms with Crippen LogP contribution >= 0.6 is 0 Å². The molecule has 0 unspecified atom stereocenters. The van der Waals surface area contributed by atoms with Crippen molar-refractivity contribution in [1.29, 1.82) is 0 Å². The molecule has 1 aliphatic rings. The summed E-state index contributed by atoms with van der Waals surface area (Å²) in [6, 6.07) is 5.40. The van der Waals surface area contributed by atoms with Crippen molar-refractivity contribution in [2.24, 2.45) is 0 Å². The maximum atomic E-state index is 12.3. The van der Waals surface area contributed by atoms with Gasteiger partial charge in [0.25, 0.3) is 0 Å². The molecule has 0 bridgehead atoms. The van der Waals surface area contributed by atoms with Gasteiger partial charge in [-0.25, -0.2) is 4.79 Å². The van der Waals surface area contributed by atoms with Gasteiger partial charge < -0.3 is 24.1 Å². The number of phenols is 1. The van der Waals surface area contributed by atoms with Gasteiger partial charge in [0.15, 0.2) is 6.79 Å². The lowest BCUT2D eigenvalue weighted by atomic mass is 9.93. The summed E-state index contributed by atoms with van der Waals surface area (Å²) in [4.78, 5) is 12.3. The lowest BCUT2D eigenvalue weighted by Gasteiger charge is -2.24. The molecular formula is C20H24O6. The van der Waals surface area contributed by atoms with Crippen LogP contribution < -0.4 is 9.47 Å². The molecule has 0 saturated carbocycles. The molecule has 0 radical (unpaired) electrons. The summed E-state index contributed by atoms with van der Waals surface area (Å²) in [5.74, 6) is 0.412. The van der Waals surface area contributed by atoms with E-state index in [0.29, 0.717) is 29.9 Å². The molecule has 0 fully saturated rings. The van der Waals surface area contributed by atoms with Crippen LogP contribution in [-0.4, -0.2) is 36.7 Å². The zero-order chi connectivity index (χ0) is 18.8. The maximum absolute atomic E-state index is 12.3. The number of fused-ring (bicyclic) bond motifs is 2. The molecule has 1 atom stereocenters. The van der Waals surface area contributed by atoms with Crippen molar-refractivity contribution < 1.29 is 28.8 Å². The first-order chi connectivity index (χ1) is 12.4. The predicted molar refractivity (Wildman–Crippen MR) is 97.1 cm³/mol. The molecule has 6 heteroatoms. The first-order valence-electron chi connectivity index (χ1n) is 8.81. The van der Waals surface area contributed by atoms with E-state index in [1.165, 1.54) is 0 Å². The number of carbonyl (C=O) groups excluding carboxylic acids is 1. The highest BCUT2D eigenvalue weighted by molar-refractivity contribution is 6.06. The molecule has 1 aliphatic heterocycles. The number of esters is 1. The van der Waals surface area contributed by atoms with Crippen LogP contribution in [0.1, 0.15) is 43.6 Å². The van der Waals surface area contributed by atoms with Gasteiger partial charge in [-0.05, 0) is 50.8 Å². The van der Waals surface area contributed by atoms with Crippen molar-refractivity contribution in [3.05, 3.63) is 29.3 Å². The number of ether oxygens (including phenoxy) is 4. The van der Waals surface area contributed by atoms with Crippen LogP contribution in [0.5, 0.6) is 17.2 Å². The molecule has 1 heterocycles. The number of benzene rings is 2. The fraction of sp³-hybridized carbons (Fsp3) is 0.450. The zero-order valence-electron chi connectivity index (χ0n) is 15.5. The Balaban J connectivity index is 2.16. The SMILES string of the molecule is CCOCOc1cc(OC(C)C)c2c(O)c3c(cc2c1)C[C@@H](C)OC3=O. The molecule has 1 N–H and O–H groups in total. The Morgan fingerprint density at radius 3 is 2.77 bits per heavy atom. The molecule has 2 aromatic rings. The number of hydrogen-bond donors (Lipinski definition) is 1. The number of cyclic esters (lactones) is 1. The van der Waals surface area contributed by atoms with Crippen molar-refractivity contribution in [3.63, 3.8) is 0 Å². The average Bonchev–Trinajstić information content (AvgIpc) is 2.53. The molecule has 0 amide bonds. The maximum Gasteiger partial charge on any atom is 0.342 e. The van der Waals surface area contributed by atoms with E-state index in [4.69, 9.17) is 18.9 Å². The lowest BCUT2D eigenvalue weighted by molar-refractivity contribution is 0.0223. The van der Waals surface area contributed by atoms with Gasteiger partial charge in [-0.1, -0.05) is 0 Å². The average molecular weight is 360 g/mol. The van der Waals surface area contributed by atoms with Gasteiger partial charge in [-0.15, -0.1) is 0 Å². The van der Waals surface area contributed by atoms with Crippen LogP contribution in [0, 0.1) is 0 Å². The van der Waals surface area contributed by atoms with E-state index in [0.717, 1.165) is 10.9 Å². The Hall–Kier alpha value is -2.47. The van der Waals surface area contributed by atoms with E-state index in [-0.39, 0.29) is 30.3 Å². The highest BCUT2D eigenvalue weighted by Crippen LogP contribution is 2.42. The van der Waals surface area contributed by atoms with Crippen molar-refractivity contribution >= 4 is 16.7 Å². The number of carbonyl (C=O) groups is 1. The van der Waals surface area contributed by atoms with Crippen LogP contribution in [-0.2, 0) is 15.9 Å². The van der Waals surface area contributed by atoms with Crippen molar-refractivity contribution in [2.45, 2.75) is 46.3 Å². The number of aromatic hydroxyl groups is 1. The molecule has 140 valence electrons. The summed E-state index contributed by atoms with van der Waals surface area (Å²) >= 11 is 0. The highest BCUT2D eigenvalue weighted by atomic mass is 16.7. The fourth-order valence-electron chi connectivity index (χ4n) is 3.12. The zero-order valence-corrected chi connectivity index (χ0v) is 15.5. The molecular weight excluding hydrogens is 336 g/mol. The van der Waals surface area contributed by atoms with E-state index in [9.17, 15) is 9.90 Å². The fourth-order valence-corrected chi connectivity index (χ4v) is 3.12. The predicted octanol–water partition coefficient (Wildman–Crippen LogP) is 3.81. The molecule has 0 spiro atoms. The highest BCUT2D eigenvalue weighted by Gasteiger charge is 2.29. The minimum absolute atomic E-state index is 0.109. The Kier molecular flexibility index (Phi) is 5.23. The second-order valence-electron chi connectivity index (χ2n) is 6.62. The molecule has 2 aromatic carbocycles. The van der Waals surface area contributed by atoms with E-state index in [1.54, 1.807) is 6.07 Å². The van der Waals surface area contributed by atoms with Crippen molar-refractivity contribution in [1.82, 2.24) is 0 Å². The molecule has 0 aliphatic carbocycles. The standard InChI is InChI=1S/C20H24O6/c1-5-23-10-24-15-8-14-7-13-6-12(4)26-20(22)18(13)19(21)17(14)16(9-15)25-11(2)3/h7-9,11-12,21H,5-6,10H2,1-4H3/t12-/m1/s1. The first kappa shape index (κ1) is 18.3. The summed E-state index contributed by atoms with van der Waals surface area (Å²) in [5, 5.41) is 12.0. The summed E-state index contributed by atoms with van der Waals surface area (Å²) in [6.07, 6.45) is 0.216. The van der Waals surface area contributed by atoms with Crippen LogP contribution in [0.25, 0.3) is 10.8 Å². The molecule has 0 aromatic heterocycles. The Bertz CT molecular complexity index is 827. The number of phenolic OH excluding ortho intramolecular Hbond substituents is 1. The van der Waals surface area contributed by atoms with E-state index in [2.05, 4.69) is 0 Å². The van der Waals surface area contributed by atoms with Crippen molar-refractivity contribution in [2.75, 3.05) is 13.4 Å². The van der Waals surface area contributed by atoms with Crippen LogP contribution in [0.15, 0.2) is 18.2 Å². The van der Waals surface area contributed by atoms with Gasteiger partial charge in [0, 0.05) is 19.1 Å². The van der Waals surface area contributed by atoms with E-state index >= 15 is 0 Å². The van der Waals surface area contributed by atoms with Crippen LogP contribution in [0.4, 0.5) is 0 Å². The van der Waals surface area contributed by atoms with Gasteiger partial charge >= 0.3 is 5.97 Å². The van der Waals surface area contributed by atoms with Crippen LogP contribution in [0.3, 0.4) is 0 Å². The third-order valence-electron chi connectivity index (χ3n) is 4.13. The van der Waals surface area contributed by atoms with Gasteiger partial charge in [0.05, 0.1) is 11.5 Å². The van der Waals surface area contributed by atoms with Gasteiger partial charge in [-0.2, -0.15) is 0 Å². The topological polar surface area (TPSA) is 74.2 Å². The van der Waals surface area contributed by atoms with Gasteiger partial charge in [0.1, 0.15) is 28.9 Å². The second-order valence-corrected chi connectivity index (χ2v) is 6.62. The summed E-state index contributed by atoms with van der Waals surface area (Å²) in [5.41, 5.74) is 0.975. The van der Waals surface area contributed by atoms with Gasteiger partial charge in [0.2, 0.25) is 0 Å². The van der Waals surface area contributed by atoms with E-state index < -0.39 is 5.97 Å². The first-order valence-corrected chi connectivity index (χ1v) is 8.81. The molecule has 0 saturated heterocycles. The third kappa shape index (κ3) is 3.55. The quantitative estimate of drug-likeness (QED) is 0.480. The lowest BCUT2D eigenvalue weighted by Crippen LogP contribution is -2.25. The Morgan fingerprint density at radius 1 is 1.31 bits per heavy atom. The summed E-state index contributed by atoms with van der Waals surface area (Å²) in [7, 11) is 0. The molecule has 6 nitrogen and oxygen atoms in total. The van der Waals surface area contributed by atoms with Crippen LogP contribution in [0.2, 0.25) is 0 Å². The number of hydrogen-bond acceptors (Lipinski definition) is 6. The summed E-state index contributed by atoms with van der Waals surface area (Å²) < 4.78 is 22.0. The van der Waals surface area contributed by atoms with Crippen molar-refractivity contribution in [3.8, 4) is 17.2 Å². The second kappa shape index (κ2) is 7.41. The molecule has 3 rings (SSSR count). The Labute approximate surface area is 152 Å². The normalized spacial score (nSPS) is 16.5. The Morgan fingerprint density at radius 2 is 2.08 bits per heavy atom. The monoisotopic (exact) mass is 360 g/mol. The molecule has 26 heavy (non-hydrogen) atoms.